The van der Waals surface area contributed by atoms with Crippen LogP contribution in [0.15, 0.2) is 53.5 Å². The molecule has 0 aromatic heterocycles. The van der Waals surface area contributed by atoms with Crippen molar-refractivity contribution in [3.63, 3.8) is 0 Å². The smallest absolute Gasteiger partial charge is 0.0646 e. The third kappa shape index (κ3) is 3.76. The van der Waals surface area contributed by atoms with E-state index in [1.54, 1.807) is 0 Å². The lowest BCUT2D eigenvalue weighted by molar-refractivity contribution is 0.628. The average molecular weight is 292 g/mol. The summed E-state index contributed by atoms with van der Waals surface area (Å²) in [6.45, 7) is 4.23. The molecule has 0 saturated heterocycles. The summed E-state index contributed by atoms with van der Waals surface area (Å²) in [4.78, 5) is 4.91. The van der Waals surface area contributed by atoms with Crippen molar-refractivity contribution >= 4 is 17.1 Å². The molecule has 1 aliphatic carbocycles. The highest BCUT2D eigenvalue weighted by Crippen LogP contribution is 2.23. The fourth-order valence-electron chi connectivity index (χ4n) is 2.92. The van der Waals surface area contributed by atoms with Crippen LogP contribution in [-0.4, -0.2) is 11.8 Å². The van der Waals surface area contributed by atoms with Gasteiger partial charge in [-0.1, -0.05) is 41.8 Å². The maximum absolute atomic E-state index is 4.91. The van der Waals surface area contributed by atoms with Crippen LogP contribution >= 0.6 is 0 Å². The van der Waals surface area contributed by atoms with E-state index in [-0.39, 0.29) is 0 Å². The molecule has 2 aromatic rings. The van der Waals surface area contributed by atoms with Gasteiger partial charge in [0.15, 0.2) is 0 Å². The molecule has 0 radical (unpaired) electrons. The largest absolute Gasteiger partial charge is 0.377 e. The van der Waals surface area contributed by atoms with Crippen molar-refractivity contribution in [2.24, 2.45) is 4.99 Å². The van der Waals surface area contributed by atoms with E-state index < -0.39 is 0 Å². The molecule has 1 fully saturated rings. The first-order chi connectivity index (χ1) is 10.7. The predicted octanol–water partition coefficient (Wildman–Crippen LogP) is 5.43. The minimum absolute atomic E-state index is 0.359. The topological polar surface area (TPSA) is 24.4 Å². The van der Waals surface area contributed by atoms with E-state index in [4.69, 9.17) is 4.99 Å². The summed E-state index contributed by atoms with van der Waals surface area (Å²) in [5.41, 5.74) is 6.12. The molecular formula is C20H24N2. The molecule has 1 atom stereocenters. The van der Waals surface area contributed by atoms with Crippen molar-refractivity contribution in [1.29, 1.82) is 0 Å². The lowest BCUT2D eigenvalue weighted by atomic mass is 9.92. The highest BCUT2D eigenvalue weighted by Gasteiger charge is 2.20. The molecule has 1 saturated carbocycles. The highest BCUT2D eigenvalue weighted by molar-refractivity contribution is 5.94. The molecule has 1 aliphatic rings. The number of aryl methyl sites for hydroxylation is 2. The van der Waals surface area contributed by atoms with Gasteiger partial charge in [0.25, 0.3) is 0 Å². The van der Waals surface area contributed by atoms with Crippen molar-refractivity contribution in [1.82, 2.24) is 0 Å². The minimum Gasteiger partial charge on any atom is -0.377 e. The number of hydrogen-bond acceptors (Lipinski definition) is 2. The molecule has 2 nitrogen and oxygen atoms in total. The zero-order chi connectivity index (χ0) is 15.4. The van der Waals surface area contributed by atoms with Crippen LogP contribution in [-0.2, 0) is 0 Å². The van der Waals surface area contributed by atoms with Crippen molar-refractivity contribution < 1.29 is 0 Å². The Morgan fingerprint density at radius 1 is 0.864 bits per heavy atom. The summed E-state index contributed by atoms with van der Waals surface area (Å²) in [5.74, 6) is 0. The molecule has 0 aliphatic heterocycles. The third-order valence-electron chi connectivity index (χ3n) is 4.28. The second kappa shape index (κ2) is 6.78. The van der Waals surface area contributed by atoms with E-state index in [0.29, 0.717) is 6.04 Å². The molecule has 0 heterocycles. The molecule has 0 bridgehead atoms. The minimum atomic E-state index is 0.359. The molecule has 0 spiro atoms. The zero-order valence-electron chi connectivity index (χ0n) is 13.5. The van der Waals surface area contributed by atoms with Gasteiger partial charge < -0.3 is 5.32 Å². The molecule has 2 aromatic carbocycles. The van der Waals surface area contributed by atoms with Crippen LogP contribution in [0, 0.1) is 13.8 Å². The van der Waals surface area contributed by atoms with Gasteiger partial charge in [0.05, 0.1) is 11.7 Å². The van der Waals surface area contributed by atoms with Crippen molar-refractivity contribution in [2.45, 2.75) is 45.6 Å². The molecular weight excluding hydrogens is 268 g/mol. The first-order valence-electron chi connectivity index (χ1n) is 8.18. The van der Waals surface area contributed by atoms with E-state index in [1.165, 1.54) is 41.8 Å². The number of aliphatic imine (C=N–C) groups is 1. The van der Waals surface area contributed by atoms with E-state index in [1.807, 2.05) is 0 Å². The monoisotopic (exact) mass is 292 g/mol. The Bertz CT molecular complexity index is 638. The molecule has 0 unspecified atom stereocenters. The van der Waals surface area contributed by atoms with E-state index in [0.717, 1.165) is 12.1 Å². The van der Waals surface area contributed by atoms with Gasteiger partial charge in [-0.3, -0.25) is 4.99 Å². The molecule has 3 rings (SSSR count). The van der Waals surface area contributed by atoms with Gasteiger partial charge in [-0.05, 0) is 57.4 Å². The summed E-state index contributed by atoms with van der Waals surface area (Å²) < 4.78 is 0. The lowest BCUT2D eigenvalue weighted by Crippen LogP contribution is -2.32. The summed E-state index contributed by atoms with van der Waals surface area (Å²) >= 11 is 0. The van der Waals surface area contributed by atoms with Gasteiger partial charge in [0.2, 0.25) is 0 Å². The van der Waals surface area contributed by atoms with E-state index >= 15 is 0 Å². The highest BCUT2D eigenvalue weighted by atomic mass is 15.0. The first kappa shape index (κ1) is 14.8. The van der Waals surface area contributed by atoms with Gasteiger partial charge >= 0.3 is 0 Å². The number of nitrogens with one attached hydrogen (secondary N) is 1. The van der Waals surface area contributed by atoms with Gasteiger partial charge in [0.1, 0.15) is 0 Å². The lowest BCUT2D eigenvalue weighted by Gasteiger charge is -2.26. The standard InChI is InChI=1S/C20H24N2/c1-15-7-11-17(12-8-15)21-19-5-3-4-6-20(19)22-18-13-9-16(2)10-14-18/h7-14,19,21H,3-6H2,1-2H3/t19-/m1/s1. The van der Waals surface area contributed by atoms with Crippen LogP contribution in [0.1, 0.15) is 36.8 Å². The average Bonchev–Trinajstić information content (AvgIpc) is 2.54. The second-order valence-electron chi connectivity index (χ2n) is 6.25. The number of benzene rings is 2. The Kier molecular flexibility index (Phi) is 4.57. The maximum atomic E-state index is 4.91. The Balaban J connectivity index is 1.78. The predicted molar refractivity (Wildman–Crippen MR) is 95.3 cm³/mol. The number of rotatable bonds is 3. The summed E-state index contributed by atoms with van der Waals surface area (Å²) in [6, 6.07) is 17.5. The van der Waals surface area contributed by atoms with Crippen LogP contribution in [0.3, 0.4) is 0 Å². The van der Waals surface area contributed by atoms with Crippen molar-refractivity contribution in [3.05, 3.63) is 59.7 Å². The summed E-state index contributed by atoms with van der Waals surface area (Å²) in [7, 11) is 0. The normalized spacial score (nSPS) is 20.1. The van der Waals surface area contributed by atoms with E-state index in [2.05, 4.69) is 67.7 Å². The van der Waals surface area contributed by atoms with E-state index in [9.17, 15) is 0 Å². The van der Waals surface area contributed by atoms with Crippen LogP contribution in [0.25, 0.3) is 0 Å². The fourth-order valence-corrected chi connectivity index (χ4v) is 2.92. The molecule has 1 N–H and O–H groups in total. The Labute approximate surface area is 133 Å². The van der Waals surface area contributed by atoms with Crippen molar-refractivity contribution in [3.8, 4) is 0 Å². The summed E-state index contributed by atoms with van der Waals surface area (Å²) in [5, 5.41) is 3.66. The van der Waals surface area contributed by atoms with Crippen LogP contribution in [0.4, 0.5) is 11.4 Å². The van der Waals surface area contributed by atoms with Gasteiger partial charge in [-0.2, -0.15) is 0 Å². The van der Waals surface area contributed by atoms with Crippen molar-refractivity contribution in [2.75, 3.05) is 5.32 Å². The molecule has 0 amide bonds. The number of anilines is 1. The SMILES string of the molecule is Cc1ccc(N=C2CCCC[C@H]2Nc2ccc(C)cc2)cc1. The summed E-state index contributed by atoms with van der Waals surface area (Å²) in [6.07, 6.45) is 4.78. The van der Waals surface area contributed by atoms with Crippen LogP contribution < -0.4 is 5.32 Å². The quantitative estimate of drug-likeness (QED) is 0.801. The zero-order valence-corrected chi connectivity index (χ0v) is 13.5. The molecule has 114 valence electrons. The maximum Gasteiger partial charge on any atom is 0.0646 e. The molecule has 2 heteroatoms. The number of nitrogens with zero attached hydrogens (tertiary/aromatic N) is 1. The van der Waals surface area contributed by atoms with Gasteiger partial charge in [0, 0.05) is 11.4 Å². The third-order valence-corrected chi connectivity index (χ3v) is 4.28. The Hall–Kier alpha value is -2.09. The second-order valence-corrected chi connectivity index (χ2v) is 6.25. The Morgan fingerprint density at radius 2 is 1.50 bits per heavy atom. The fraction of sp³-hybridized carbons (Fsp3) is 0.350. The van der Waals surface area contributed by atoms with Gasteiger partial charge in [-0.15, -0.1) is 0 Å². The van der Waals surface area contributed by atoms with Crippen LogP contribution in [0.5, 0.6) is 0 Å². The molecule has 22 heavy (non-hydrogen) atoms. The number of hydrogen-bond donors (Lipinski definition) is 1. The Morgan fingerprint density at radius 3 is 2.18 bits per heavy atom. The van der Waals surface area contributed by atoms with Gasteiger partial charge in [-0.25, -0.2) is 0 Å². The van der Waals surface area contributed by atoms with Crippen LogP contribution in [0.2, 0.25) is 0 Å². The first-order valence-corrected chi connectivity index (χ1v) is 8.18.